The molecule has 1 aliphatic heterocycles. The number of carbonyl (C=O) groups excluding carboxylic acids is 2. The first-order chi connectivity index (χ1) is 15.1. The maximum absolute atomic E-state index is 12.7. The summed E-state index contributed by atoms with van der Waals surface area (Å²) in [6.45, 7) is 3.36. The Morgan fingerprint density at radius 2 is 1.97 bits per heavy atom. The number of hydrogen-bond acceptors (Lipinski definition) is 8. The van der Waals surface area contributed by atoms with E-state index in [1.807, 2.05) is 6.07 Å². The Bertz CT molecular complexity index is 1080. The zero-order valence-electron chi connectivity index (χ0n) is 16.9. The Balaban J connectivity index is 1.44. The Kier molecular flexibility index (Phi) is 6.08. The van der Waals surface area contributed by atoms with Crippen molar-refractivity contribution >= 4 is 28.9 Å². The molecule has 3 N–H and O–H groups in total. The van der Waals surface area contributed by atoms with Gasteiger partial charge in [-0.05, 0) is 18.2 Å². The fourth-order valence-electron chi connectivity index (χ4n) is 3.22. The summed E-state index contributed by atoms with van der Waals surface area (Å²) in [6, 6.07) is 8.74. The monoisotopic (exact) mass is 422 g/mol. The minimum Gasteiger partial charge on any atom is -0.497 e. The van der Waals surface area contributed by atoms with Gasteiger partial charge in [0.25, 0.3) is 11.8 Å². The second-order valence-corrected chi connectivity index (χ2v) is 6.80. The van der Waals surface area contributed by atoms with E-state index in [2.05, 4.69) is 30.8 Å². The number of amides is 2. The molecule has 1 aliphatic rings. The van der Waals surface area contributed by atoms with Crippen molar-refractivity contribution in [1.29, 1.82) is 0 Å². The molecular formula is C21H22N6O4. The van der Waals surface area contributed by atoms with Crippen LogP contribution in [0.15, 0.2) is 53.3 Å². The van der Waals surface area contributed by atoms with Crippen LogP contribution in [0.4, 0.5) is 17.1 Å². The third kappa shape index (κ3) is 4.81. The lowest BCUT2D eigenvalue weighted by Gasteiger charge is -2.30. The molecule has 0 bridgehead atoms. The van der Waals surface area contributed by atoms with E-state index >= 15 is 0 Å². The highest BCUT2D eigenvalue weighted by Gasteiger charge is 2.21. The van der Waals surface area contributed by atoms with Gasteiger partial charge >= 0.3 is 5.91 Å². The molecular weight excluding hydrogens is 400 g/mol. The van der Waals surface area contributed by atoms with Crippen LogP contribution in [0.2, 0.25) is 0 Å². The molecule has 2 amide bonds. The molecule has 10 nitrogen and oxygen atoms in total. The summed E-state index contributed by atoms with van der Waals surface area (Å²) in [7, 11) is 1.54. The quantitative estimate of drug-likeness (QED) is 0.551. The molecule has 160 valence electrons. The number of oxazole rings is 1. The van der Waals surface area contributed by atoms with E-state index in [-0.39, 0.29) is 11.7 Å². The van der Waals surface area contributed by atoms with Crippen molar-refractivity contribution in [3.63, 3.8) is 0 Å². The van der Waals surface area contributed by atoms with Gasteiger partial charge < -0.3 is 30.0 Å². The van der Waals surface area contributed by atoms with Crippen molar-refractivity contribution in [3.05, 3.63) is 60.6 Å². The molecule has 0 radical (unpaired) electrons. The summed E-state index contributed by atoms with van der Waals surface area (Å²) < 4.78 is 10.5. The number of pyridine rings is 1. The molecule has 1 aromatic carbocycles. The molecule has 0 unspecified atom stereocenters. The average molecular weight is 422 g/mol. The number of carbonyl (C=O) groups is 2. The minimum absolute atomic E-state index is 0.0820. The SMILES string of the molecule is COc1cccc(NC(=O)c2cnc(C(=O)Nc3cnccc3N3CCNCC3)o2)c1. The smallest absolute Gasteiger partial charge is 0.311 e. The summed E-state index contributed by atoms with van der Waals surface area (Å²) in [5.41, 5.74) is 1.95. The lowest BCUT2D eigenvalue weighted by molar-refractivity contribution is 0.0970. The number of aromatic nitrogens is 2. The first-order valence-electron chi connectivity index (χ1n) is 9.76. The van der Waals surface area contributed by atoms with Gasteiger partial charge in [0.15, 0.2) is 0 Å². The Morgan fingerprint density at radius 3 is 2.77 bits per heavy atom. The lowest BCUT2D eigenvalue weighted by atomic mass is 10.2. The Morgan fingerprint density at radius 1 is 1.13 bits per heavy atom. The summed E-state index contributed by atoms with van der Waals surface area (Å²) >= 11 is 0. The number of anilines is 3. The summed E-state index contributed by atoms with van der Waals surface area (Å²) in [5.74, 6) is -0.785. The van der Waals surface area contributed by atoms with Crippen molar-refractivity contribution in [2.75, 3.05) is 48.8 Å². The number of methoxy groups -OCH3 is 1. The fraction of sp³-hybridized carbons (Fsp3) is 0.238. The predicted molar refractivity (Wildman–Crippen MR) is 115 cm³/mol. The molecule has 3 heterocycles. The summed E-state index contributed by atoms with van der Waals surface area (Å²) in [6.07, 6.45) is 4.47. The lowest BCUT2D eigenvalue weighted by Crippen LogP contribution is -2.43. The Hall–Kier alpha value is -3.92. The Labute approximate surface area is 178 Å². The number of nitrogens with zero attached hydrogens (tertiary/aromatic N) is 3. The van der Waals surface area contributed by atoms with E-state index in [4.69, 9.17) is 9.15 Å². The number of rotatable bonds is 6. The molecule has 2 aromatic heterocycles. The summed E-state index contributed by atoms with van der Waals surface area (Å²) in [4.78, 5) is 35.3. The van der Waals surface area contributed by atoms with Gasteiger partial charge in [-0.3, -0.25) is 14.6 Å². The molecule has 0 aliphatic carbocycles. The van der Waals surface area contributed by atoms with Gasteiger partial charge in [-0.15, -0.1) is 0 Å². The number of ether oxygens (including phenoxy) is 1. The van der Waals surface area contributed by atoms with Gasteiger partial charge in [0.1, 0.15) is 5.75 Å². The van der Waals surface area contributed by atoms with Gasteiger partial charge in [0.2, 0.25) is 5.76 Å². The van der Waals surface area contributed by atoms with Gasteiger partial charge in [-0.2, -0.15) is 0 Å². The molecule has 0 saturated carbocycles. The van der Waals surface area contributed by atoms with Crippen LogP contribution in [-0.2, 0) is 0 Å². The molecule has 0 spiro atoms. The van der Waals surface area contributed by atoms with Crippen molar-refractivity contribution < 1.29 is 18.7 Å². The van der Waals surface area contributed by atoms with E-state index in [0.717, 1.165) is 31.9 Å². The van der Waals surface area contributed by atoms with E-state index in [1.165, 1.54) is 13.3 Å². The van der Waals surface area contributed by atoms with Crippen LogP contribution in [0.5, 0.6) is 5.75 Å². The largest absolute Gasteiger partial charge is 0.497 e. The fourth-order valence-corrected chi connectivity index (χ4v) is 3.22. The van der Waals surface area contributed by atoms with E-state index in [0.29, 0.717) is 17.1 Å². The van der Waals surface area contributed by atoms with Crippen LogP contribution in [-0.4, -0.2) is 55.1 Å². The van der Waals surface area contributed by atoms with Crippen LogP contribution >= 0.6 is 0 Å². The zero-order chi connectivity index (χ0) is 21.6. The van der Waals surface area contributed by atoms with Crippen molar-refractivity contribution in [2.24, 2.45) is 0 Å². The highest BCUT2D eigenvalue weighted by molar-refractivity contribution is 6.05. The highest BCUT2D eigenvalue weighted by atomic mass is 16.5. The third-order valence-electron chi connectivity index (χ3n) is 4.76. The van der Waals surface area contributed by atoms with Gasteiger partial charge in [-0.25, -0.2) is 4.98 Å². The molecule has 10 heteroatoms. The second-order valence-electron chi connectivity index (χ2n) is 6.80. The normalized spacial score (nSPS) is 13.5. The van der Waals surface area contributed by atoms with Crippen molar-refractivity contribution in [3.8, 4) is 5.75 Å². The molecule has 0 atom stereocenters. The van der Waals surface area contributed by atoms with Crippen molar-refractivity contribution in [2.45, 2.75) is 0 Å². The molecule has 31 heavy (non-hydrogen) atoms. The van der Waals surface area contributed by atoms with E-state index < -0.39 is 11.8 Å². The topological polar surface area (TPSA) is 122 Å². The van der Waals surface area contributed by atoms with Crippen LogP contribution in [0.1, 0.15) is 21.2 Å². The first-order valence-corrected chi connectivity index (χ1v) is 9.76. The zero-order valence-corrected chi connectivity index (χ0v) is 16.9. The molecule has 4 rings (SSSR count). The first kappa shape index (κ1) is 20.4. The van der Waals surface area contributed by atoms with E-state index in [1.54, 1.807) is 36.7 Å². The van der Waals surface area contributed by atoms with Crippen LogP contribution < -0.4 is 25.6 Å². The minimum atomic E-state index is -0.565. The number of piperazine rings is 1. The standard InChI is InChI=1S/C21H22N6O4/c1-30-15-4-2-3-14(11-15)25-19(28)18-13-24-21(31-18)20(29)26-16-12-23-6-5-17(16)27-9-7-22-8-10-27/h2-6,11-13,22H,7-10H2,1H3,(H,25,28)(H,26,29). The highest BCUT2D eigenvalue weighted by Crippen LogP contribution is 2.25. The number of nitrogens with one attached hydrogen (secondary N) is 3. The predicted octanol–water partition coefficient (Wildman–Crippen LogP) is 1.99. The third-order valence-corrected chi connectivity index (χ3v) is 4.76. The van der Waals surface area contributed by atoms with Crippen LogP contribution in [0, 0.1) is 0 Å². The molecule has 3 aromatic rings. The number of hydrogen-bond donors (Lipinski definition) is 3. The number of benzene rings is 1. The summed E-state index contributed by atoms with van der Waals surface area (Å²) in [5, 5.41) is 8.75. The van der Waals surface area contributed by atoms with Gasteiger partial charge in [0.05, 0.1) is 30.9 Å². The van der Waals surface area contributed by atoms with Gasteiger partial charge in [0, 0.05) is 44.1 Å². The maximum Gasteiger partial charge on any atom is 0.311 e. The van der Waals surface area contributed by atoms with Gasteiger partial charge in [-0.1, -0.05) is 6.07 Å². The maximum atomic E-state index is 12.7. The molecule has 1 fully saturated rings. The van der Waals surface area contributed by atoms with Crippen molar-refractivity contribution in [1.82, 2.24) is 15.3 Å². The van der Waals surface area contributed by atoms with E-state index in [9.17, 15) is 9.59 Å². The van der Waals surface area contributed by atoms with Crippen LogP contribution in [0.3, 0.4) is 0 Å². The second kappa shape index (κ2) is 9.26. The molecule has 1 saturated heterocycles. The average Bonchev–Trinajstić information content (AvgIpc) is 3.31. The van der Waals surface area contributed by atoms with Crippen LogP contribution in [0.25, 0.3) is 0 Å².